The molecule has 1 amide bonds. The van der Waals surface area contributed by atoms with Crippen molar-refractivity contribution in [2.24, 2.45) is 5.92 Å². The lowest BCUT2D eigenvalue weighted by atomic mass is 10.1. The first kappa shape index (κ1) is 15.4. The Labute approximate surface area is 127 Å². The number of halogens is 2. The molecule has 1 saturated heterocycles. The maximum absolute atomic E-state index is 13.6. The van der Waals surface area contributed by atoms with Crippen LogP contribution in [0.2, 0.25) is 0 Å². The van der Waals surface area contributed by atoms with E-state index in [9.17, 15) is 9.18 Å². The number of rotatable bonds is 4. The molecule has 1 aromatic rings. The van der Waals surface area contributed by atoms with Crippen molar-refractivity contribution in [1.82, 2.24) is 10.2 Å². The van der Waals surface area contributed by atoms with Gasteiger partial charge in [0.15, 0.2) is 0 Å². The zero-order chi connectivity index (χ0) is 14.7. The average Bonchev–Trinajstić information content (AvgIpc) is 2.88. The Morgan fingerprint density at radius 3 is 2.95 bits per heavy atom. The van der Waals surface area contributed by atoms with Gasteiger partial charge in [-0.3, -0.25) is 4.79 Å². The molecule has 0 radical (unpaired) electrons. The van der Waals surface area contributed by atoms with Gasteiger partial charge in [-0.15, -0.1) is 0 Å². The molecule has 2 rings (SSSR count). The number of likely N-dealkylation sites (tertiary alicyclic amines) is 1. The lowest BCUT2D eigenvalue weighted by molar-refractivity contribution is 0.0943. The first-order valence-corrected chi connectivity index (χ1v) is 7.74. The molecule has 1 atom stereocenters. The highest BCUT2D eigenvalue weighted by Gasteiger charge is 2.24. The zero-order valence-corrected chi connectivity index (χ0v) is 13.4. The summed E-state index contributed by atoms with van der Waals surface area (Å²) in [6, 6.07) is 4.94. The molecule has 0 unspecified atom stereocenters. The second-order valence-electron chi connectivity index (χ2n) is 5.58. The van der Waals surface area contributed by atoms with Crippen molar-refractivity contribution in [3.05, 3.63) is 34.1 Å². The van der Waals surface area contributed by atoms with Crippen LogP contribution < -0.4 is 5.32 Å². The Morgan fingerprint density at radius 2 is 2.30 bits per heavy atom. The van der Waals surface area contributed by atoms with Crippen LogP contribution in [0.5, 0.6) is 0 Å². The second kappa shape index (κ2) is 6.68. The third-order valence-electron chi connectivity index (χ3n) is 3.77. The van der Waals surface area contributed by atoms with Crippen molar-refractivity contribution in [2.75, 3.05) is 19.6 Å². The second-order valence-corrected chi connectivity index (χ2v) is 6.49. The highest BCUT2D eigenvalue weighted by molar-refractivity contribution is 9.10. The Hall–Kier alpha value is -0.940. The van der Waals surface area contributed by atoms with Crippen LogP contribution in [-0.2, 0) is 0 Å². The summed E-state index contributed by atoms with van der Waals surface area (Å²) in [7, 11) is 0. The van der Waals surface area contributed by atoms with Crippen molar-refractivity contribution < 1.29 is 9.18 Å². The fraction of sp³-hybridized carbons (Fsp3) is 0.533. The fourth-order valence-corrected chi connectivity index (χ4v) is 2.86. The summed E-state index contributed by atoms with van der Waals surface area (Å²) in [5.74, 6) is -0.371. The number of carbonyl (C=O) groups excluding carboxylic acids is 1. The summed E-state index contributed by atoms with van der Waals surface area (Å²) in [6.07, 6.45) is 1.08. The van der Waals surface area contributed by atoms with E-state index < -0.39 is 5.82 Å². The predicted octanol–water partition coefficient (Wildman–Crippen LogP) is 3.05. The molecule has 0 aliphatic carbocycles. The van der Waals surface area contributed by atoms with Crippen molar-refractivity contribution in [3.63, 3.8) is 0 Å². The van der Waals surface area contributed by atoms with Gasteiger partial charge in [-0.05, 0) is 50.9 Å². The number of nitrogens with one attached hydrogen (secondary N) is 1. The molecular formula is C15H20BrFN2O. The van der Waals surface area contributed by atoms with Crippen LogP contribution in [0.25, 0.3) is 0 Å². The molecule has 1 heterocycles. The van der Waals surface area contributed by atoms with Crippen LogP contribution in [0.1, 0.15) is 30.6 Å². The van der Waals surface area contributed by atoms with Crippen LogP contribution in [-0.4, -0.2) is 36.5 Å². The molecule has 1 fully saturated rings. The van der Waals surface area contributed by atoms with Gasteiger partial charge >= 0.3 is 0 Å². The summed E-state index contributed by atoms with van der Waals surface area (Å²) in [6.45, 7) is 7.03. The SMILES string of the molecule is CC(C)N1CC[C@H](CNC(=O)c2cc(Br)ccc2F)C1. The van der Waals surface area contributed by atoms with E-state index in [4.69, 9.17) is 0 Å². The monoisotopic (exact) mass is 342 g/mol. The maximum atomic E-state index is 13.6. The average molecular weight is 343 g/mol. The van der Waals surface area contributed by atoms with Gasteiger partial charge in [0.05, 0.1) is 5.56 Å². The van der Waals surface area contributed by atoms with E-state index in [0.717, 1.165) is 19.5 Å². The number of benzene rings is 1. The maximum Gasteiger partial charge on any atom is 0.254 e. The highest BCUT2D eigenvalue weighted by Crippen LogP contribution is 2.19. The molecule has 0 bridgehead atoms. The minimum absolute atomic E-state index is 0.0955. The van der Waals surface area contributed by atoms with E-state index in [1.54, 1.807) is 6.07 Å². The third kappa shape index (κ3) is 3.79. The Balaban J connectivity index is 1.88. The van der Waals surface area contributed by atoms with Crippen LogP contribution in [0.3, 0.4) is 0 Å². The molecular weight excluding hydrogens is 323 g/mol. The largest absolute Gasteiger partial charge is 0.352 e. The van der Waals surface area contributed by atoms with Gasteiger partial charge in [0.1, 0.15) is 5.82 Å². The molecule has 1 aromatic carbocycles. The first-order valence-electron chi connectivity index (χ1n) is 6.94. The van der Waals surface area contributed by atoms with E-state index in [0.29, 0.717) is 23.0 Å². The van der Waals surface area contributed by atoms with Crippen molar-refractivity contribution in [3.8, 4) is 0 Å². The molecule has 0 spiro atoms. The number of nitrogens with zero attached hydrogens (tertiary/aromatic N) is 1. The molecule has 1 N–H and O–H groups in total. The minimum Gasteiger partial charge on any atom is -0.352 e. The van der Waals surface area contributed by atoms with E-state index in [1.807, 2.05) is 0 Å². The van der Waals surface area contributed by atoms with Crippen LogP contribution in [0.15, 0.2) is 22.7 Å². The molecule has 1 aliphatic heterocycles. The Kier molecular flexibility index (Phi) is 5.16. The topological polar surface area (TPSA) is 32.3 Å². The lowest BCUT2D eigenvalue weighted by Crippen LogP contribution is -2.33. The molecule has 1 aliphatic rings. The van der Waals surface area contributed by atoms with E-state index >= 15 is 0 Å². The zero-order valence-electron chi connectivity index (χ0n) is 11.8. The number of hydrogen-bond donors (Lipinski definition) is 1. The van der Waals surface area contributed by atoms with Gasteiger partial charge in [0.25, 0.3) is 5.91 Å². The minimum atomic E-state index is -0.485. The van der Waals surface area contributed by atoms with Crippen LogP contribution >= 0.6 is 15.9 Å². The standard InChI is InChI=1S/C15H20BrFN2O/c1-10(2)19-6-5-11(9-19)8-18-15(20)13-7-12(16)3-4-14(13)17/h3-4,7,10-11H,5-6,8-9H2,1-2H3,(H,18,20)/t11-/m1/s1. The predicted molar refractivity (Wildman–Crippen MR) is 81.2 cm³/mol. The Morgan fingerprint density at radius 1 is 1.55 bits per heavy atom. The van der Waals surface area contributed by atoms with Crippen molar-refractivity contribution >= 4 is 21.8 Å². The number of carbonyl (C=O) groups is 1. The van der Waals surface area contributed by atoms with E-state index in [-0.39, 0.29) is 11.5 Å². The lowest BCUT2D eigenvalue weighted by Gasteiger charge is -2.20. The van der Waals surface area contributed by atoms with E-state index in [1.165, 1.54) is 12.1 Å². The molecule has 3 nitrogen and oxygen atoms in total. The first-order chi connectivity index (χ1) is 9.47. The fourth-order valence-electron chi connectivity index (χ4n) is 2.50. The van der Waals surface area contributed by atoms with Gasteiger partial charge in [0, 0.05) is 23.6 Å². The normalized spacial score (nSPS) is 19.6. The third-order valence-corrected chi connectivity index (χ3v) is 4.27. The summed E-state index contributed by atoms with van der Waals surface area (Å²) in [4.78, 5) is 14.4. The molecule has 110 valence electrons. The quantitative estimate of drug-likeness (QED) is 0.911. The summed E-state index contributed by atoms with van der Waals surface area (Å²) < 4.78 is 14.3. The van der Waals surface area contributed by atoms with Gasteiger partial charge < -0.3 is 10.2 Å². The Bertz CT molecular complexity index is 493. The molecule has 0 aromatic heterocycles. The van der Waals surface area contributed by atoms with Crippen LogP contribution in [0, 0.1) is 11.7 Å². The summed E-state index contributed by atoms with van der Waals surface area (Å²) in [5.41, 5.74) is 0.0955. The van der Waals surface area contributed by atoms with Gasteiger partial charge in [-0.1, -0.05) is 15.9 Å². The molecule has 5 heteroatoms. The molecule has 20 heavy (non-hydrogen) atoms. The number of amides is 1. The summed E-state index contributed by atoms with van der Waals surface area (Å²) in [5, 5.41) is 2.84. The number of hydrogen-bond acceptors (Lipinski definition) is 2. The van der Waals surface area contributed by atoms with Crippen molar-refractivity contribution in [1.29, 1.82) is 0 Å². The van der Waals surface area contributed by atoms with Gasteiger partial charge in [0.2, 0.25) is 0 Å². The van der Waals surface area contributed by atoms with Gasteiger partial charge in [-0.2, -0.15) is 0 Å². The van der Waals surface area contributed by atoms with E-state index in [2.05, 4.69) is 40.0 Å². The highest BCUT2D eigenvalue weighted by atomic mass is 79.9. The molecule has 0 saturated carbocycles. The summed E-state index contributed by atoms with van der Waals surface area (Å²) >= 11 is 3.25. The van der Waals surface area contributed by atoms with Gasteiger partial charge in [-0.25, -0.2) is 4.39 Å². The smallest absolute Gasteiger partial charge is 0.254 e. The van der Waals surface area contributed by atoms with Crippen LogP contribution in [0.4, 0.5) is 4.39 Å². The van der Waals surface area contributed by atoms with Crippen molar-refractivity contribution in [2.45, 2.75) is 26.3 Å².